The number of halogens is 2. The number of benzene rings is 2. The molecule has 2 aromatic carbocycles. The third-order valence-electron chi connectivity index (χ3n) is 6.31. The van der Waals surface area contributed by atoms with E-state index >= 15 is 0 Å². The van der Waals surface area contributed by atoms with Crippen LogP contribution in [0.2, 0.25) is 5.02 Å². The summed E-state index contributed by atoms with van der Waals surface area (Å²) in [6, 6.07) is 13.0. The van der Waals surface area contributed by atoms with Gasteiger partial charge in [-0.15, -0.1) is 11.3 Å². The van der Waals surface area contributed by atoms with Gasteiger partial charge in [0, 0.05) is 18.1 Å². The van der Waals surface area contributed by atoms with E-state index in [1.54, 1.807) is 29.5 Å². The first-order valence-electron chi connectivity index (χ1n) is 10.4. The summed E-state index contributed by atoms with van der Waals surface area (Å²) in [4.78, 5) is 19.9. The van der Waals surface area contributed by atoms with Gasteiger partial charge >= 0.3 is 0 Å². The molecule has 2 aliphatic heterocycles. The molecule has 2 saturated heterocycles. The molecule has 5 rings (SSSR count). The molecule has 2 atom stereocenters. The van der Waals surface area contributed by atoms with Crippen LogP contribution in [0.4, 0.5) is 4.39 Å². The first-order chi connectivity index (χ1) is 14.6. The number of hydrogen-bond donors (Lipinski definition) is 1. The van der Waals surface area contributed by atoms with E-state index in [1.807, 2.05) is 12.1 Å². The van der Waals surface area contributed by atoms with Crippen LogP contribution in [-0.2, 0) is 6.54 Å². The molecule has 1 aromatic heterocycles. The molecule has 1 amide bonds. The summed E-state index contributed by atoms with van der Waals surface area (Å²) in [5, 5.41) is 4.87. The van der Waals surface area contributed by atoms with Crippen LogP contribution in [0.5, 0.6) is 0 Å². The van der Waals surface area contributed by atoms with Crippen LogP contribution < -0.4 is 5.32 Å². The molecule has 3 heterocycles. The highest BCUT2D eigenvalue weighted by Crippen LogP contribution is 2.37. The molecule has 2 bridgehead atoms. The lowest BCUT2D eigenvalue weighted by atomic mass is 9.81. The third kappa shape index (κ3) is 3.84. The number of para-hydroxylation sites is 1. The Bertz CT molecular complexity index is 1070. The minimum atomic E-state index is -0.470. The second-order valence-corrected chi connectivity index (χ2v) is 9.75. The van der Waals surface area contributed by atoms with Gasteiger partial charge in [-0.1, -0.05) is 36.2 Å². The first-order valence-corrected chi connectivity index (χ1v) is 11.6. The van der Waals surface area contributed by atoms with Gasteiger partial charge in [-0.25, -0.2) is 9.37 Å². The van der Waals surface area contributed by atoms with E-state index in [9.17, 15) is 9.18 Å². The van der Waals surface area contributed by atoms with Crippen LogP contribution in [0, 0.1) is 5.82 Å². The van der Waals surface area contributed by atoms with Crippen molar-refractivity contribution >= 4 is 39.1 Å². The zero-order valence-electron chi connectivity index (χ0n) is 16.5. The van der Waals surface area contributed by atoms with Gasteiger partial charge in [0.2, 0.25) is 0 Å². The Kier molecular flexibility index (Phi) is 5.48. The van der Waals surface area contributed by atoms with Crippen LogP contribution in [-0.4, -0.2) is 33.9 Å². The number of hydrogen-bond acceptors (Lipinski definition) is 4. The number of carbonyl (C=O) groups is 1. The van der Waals surface area contributed by atoms with Crippen LogP contribution in [0.3, 0.4) is 0 Å². The Labute approximate surface area is 184 Å². The Morgan fingerprint density at radius 2 is 1.93 bits per heavy atom. The van der Waals surface area contributed by atoms with E-state index in [0.717, 1.165) is 47.5 Å². The normalized spacial score (nSPS) is 24.1. The minimum Gasteiger partial charge on any atom is -0.349 e. The summed E-state index contributed by atoms with van der Waals surface area (Å²) in [7, 11) is 0. The smallest absolute Gasteiger partial charge is 0.254 e. The van der Waals surface area contributed by atoms with Crippen LogP contribution in [0.1, 0.15) is 47.5 Å². The molecule has 2 fully saturated rings. The molecule has 7 heteroatoms. The molecule has 4 nitrogen and oxygen atoms in total. The zero-order valence-corrected chi connectivity index (χ0v) is 18.1. The molecule has 156 valence electrons. The molecular formula is C23H23ClFN3OS. The van der Waals surface area contributed by atoms with Crippen LogP contribution in [0.15, 0.2) is 42.5 Å². The van der Waals surface area contributed by atoms with Crippen molar-refractivity contribution in [3.05, 3.63) is 63.9 Å². The van der Waals surface area contributed by atoms with Gasteiger partial charge in [0.05, 0.1) is 21.8 Å². The first kappa shape index (κ1) is 19.9. The van der Waals surface area contributed by atoms with Gasteiger partial charge in [0.1, 0.15) is 16.3 Å². The molecule has 0 aliphatic carbocycles. The molecule has 0 saturated carbocycles. The molecule has 0 radical (unpaired) electrons. The quantitative estimate of drug-likeness (QED) is 0.586. The van der Waals surface area contributed by atoms with Gasteiger partial charge in [0.15, 0.2) is 0 Å². The number of amides is 1. The molecule has 3 aromatic rings. The van der Waals surface area contributed by atoms with Gasteiger partial charge in [-0.2, -0.15) is 0 Å². The van der Waals surface area contributed by atoms with Gasteiger partial charge in [-0.3, -0.25) is 9.69 Å². The molecule has 0 spiro atoms. The fourth-order valence-corrected chi connectivity index (χ4v) is 6.22. The van der Waals surface area contributed by atoms with Crippen molar-refractivity contribution in [2.45, 2.75) is 56.8 Å². The fraction of sp³-hybridized carbons (Fsp3) is 0.391. The number of aromatic nitrogens is 1. The van der Waals surface area contributed by atoms with E-state index in [2.05, 4.69) is 16.3 Å². The highest BCUT2D eigenvalue weighted by Gasteiger charge is 2.39. The highest BCUT2D eigenvalue weighted by molar-refractivity contribution is 7.18. The van der Waals surface area contributed by atoms with Crippen LogP contribution in [0.25, 0.3) is 10.2 Å². The summed E-state index contributed by atoms with van der Waals surface area (Å²) in [5.41, 5.74) is 1.01. The van der Waals surface area contributed by atoms with Gasteiger partial charge in [0.25, 0.3) is 5.91 Å². The Morgan fingerprint density at radius 3 is 2.67 bits per heavy atom. The van der Waals surface area contributed by atoms with Crippen molar-refractivity contribution in [1.82, 2.24) is 15.2 Å². The van der Waals surface area contributed by atoms with Gasteiger partial charge in [-0.05, 0) is 49.9 Å². The van der Waals surface area contributed by atoms with Crippen molar-refractivity contribution in [3.8, 4) is 0 Å². The Balaban J connectivity index is 1.29. The summed E-state index contributed by atoms with van der Waals surface area (Å²) < 4.78 is 15.1. The summed E-state index contributed by atoms with van der Waals surface area (Å²) in [6.45, 7) is 0.818. The average Bonchev–Trinajstić information content (AvgIpc) is 3.13. The minimum absolute atomic E-state index is 0.0773. The average molecular weight is 444 g/mol. The summed E-state index contributed by atoms with van der Waals surface area (Å²) >= 11 is 8.01. The fourth-order valence-electron chi connectivity index (χ4n) is 4.95. The van der Waals surface area contributed by atoms with Crippen LogP contribution >= 0.6 is 22.9 Å². The number of nitrogens with one attached hydrogen (secondary N) is 1. The van der Waals surface area contributed by atoms with Crippen molar-refractivity contribution < 1.29 is 9.18 Å². The summed E-state index contributed by atoms with van der Waals surface area (Å²) in [5.74, 6) is -0.785. The van der Waals surface area contributed by atoms with Crippen molar-refractivity contribution in [1.29, 1.82) is 0 Å². The maximum Gasteiger partial charge on any atom is 0.254 e. The molecule has 2 unspecified atom stereocenters. The Morgan fingerprint density at radius 1 is 1.17 bits per heavy atom. The molecule has 30 heavy (non-hydrogen) atoms. The third-order valence-corrected chi connectivity index (χ3v) is 7.62. The lowest BCUT2D eigenvalue weighted by Gasteiger charge is -2.48. The van der Waals surface area contributed by atoms with E-state index in [-0.39, 0.29) is 17.5 Å². The lowest BCUT2D eigenvalue weighted by molar-refractivity contribution is 0.0176. The lowest BCUT2D eigenvalue weighted by Crippen LogP contribution is -2.56. The number of fused-ring (bicyclic) bond motifs is 3. The predicted molar refractivity (Wildman–Crippen MR) is 118 cm³/mol. The topological polar surface area (TPSA) is 45.2 Å². The second kappa shape index (κ2) is 8.25. The number of thiazole rings is 1. The van der Waals surface area contributed by atoms with E-state index in [0.29, 0.717) is 17.1 Å². The Hall–Kier alpha value is -2.02. The monoisotopic (exact) mass is 443 g/mol. The van der Waals surface area contributed by atoms with Crippen molar-refractivity contribution in [2.75, 3.05) is 0 Å². The molecular weight excluding hydrogens is 421 g/mol. The number of rotatable bonds is 4. The predicted octanol–water partition coefficient (Wildman–Crippen LogP) is 5.40. The maximum absolute atomic E-state index is 14.0. The molecule has 1 N–H and O–H groups in total. The summed E-state index contributed by atoms with van der Waals surface area (Å²) in [6.07, 6.45) is 5.23. The van der Waals surface area contributed by atoms with E-state index < -0.39 is 5.82 Å². The molecule has 2 aliphatic rings. The van der Waals surface area contributed by atoms with Crippen molar-refractivity contribution in [2.24, 2.45) is 0 Å². The van der Waals surface area contributed by atoms with E-state index in [4.69, 9.17) is 16.6 Å². The number of piperidine rings is 2. The SMILES string of the molecule is O=C(NC1CC2CCCC(C1)N2Cc1nc2c(Cl)cccc2s1)c1ccccc1F. The van der Waals surface area contributed by atoms with Gasteiger partial charge < -0.3 is 5.32 Å². The largest absolute Gasteiger partial charge is 0.349 e. The van der Waals surface area contributed by atoms with E-state index in [1.165, 1.54) is 12.5 Å². The highest BCUT2D eigenvalue weighted by atomic mass is 35.5. The standard InChI is InChI=1S/C23H23ClFN3OS/c24-18-8-4-10-20-22(18)27-21(30-20)13-28-15-5-3-6-16(28)12-14(11-15)26-23(29)17-7-1-2-9-19(17)25/h1-2,4,7-10,14-16H,3,5-6,11-13H2,(H,26,29). The second-order valence-electron chi connectivity index (χ2n) is 8.23. The zero-order chi connectivity index (χ0) is 20.7. The number of nitrogens with zero attached hydrogens (tertiary/aromatic N) is 2. The number of carbonyl (C=O) groups excluding carboxylic acids is 1. The maximum atomic E-state index is 14.0. The van der Waals surface area contributed by atoms with Crippen molar-refractivity contribution in [3.63, 3.8) is 0 Å².